The molecule has 0 aliphatic carbocycles. The van der Waals surface area contributed by atoms with E-state index in [0.29, 0.717) is 31.1 Å². The van der Waals surface area contributed by atoms with Crippen molar-refractivity contribution in [3.05, 3.63) is 47.4 Å². The van der Waals surface area contributed by atoms with E-state index in [1.807, 2.05) is 23.1 Å². The van der Waals surface area contributed by atoms with Gasteiger partial charge in [0, 0.05) is 52.3 Å². The van der Waals surface area contributed by atoms with Crippen LogP contribution in [-0.2, 0) is 27.2 Å². The molecule has 2 aliphatic rings. The maximum absolute atomic E-state index is 13.2. The Morgan fingerprint density at radius 2 is 1.86 bits per heavy atom. The summed E-state index contributed by atoms with van der Waals surface area (Å²) in [5.41, 5.74) is 1.25. The molecule has 0 radical (unpaired) electrons. The van der Waals surface area contributed by atoms with E-state index in [9.17, 15) is 19.5 Å². The Balaban J connectivity index is 1.40. The first-order valence-corrected chi connectivity index (χ1v) is 14.5. The summed E-state index contributed by atoms with van der Waals surface area (Å²) in [6, 6.07) is 6.62. The number of hydrogen-bond acceptors (Lipinski definition) is 10. The Kier molecular flexibility index (Phi) is 10.4. The number of amides is 3. The molecule has 1 aromatic heterocycles. The molecule has 13 nitrogen and oxygen atoms in total. The van der Waals surface area contributed by atoms with Crippen LogP contribution in [0.3, 0.4) is 0 Å². The maximum Gasteiger partial charge on any atom is 0.410 e. The normalized spacial score (nSPS) is 18.0. The smallest absolute Gasteiger partial charge is 0.410 e. The number of aliphatic hydroxyl groups is 1. The first kappa shape index (κ1) is 32.0. The van der Waals surface area contributed by atoms with Crippen molar-refractivity contribution in [3.63, 3.8) is 0 Å². The van der Waals surface area contributed by atoms with Crippen molar-refractivity contribution in [1.29, 1.82) is 0 Å². The topological polar surface area (TPSA) is 155 Å². The molecule has 1 saturated heterocycles. The van der Waals surface area contributed by atoms with Gasteiger partial charge in [-0.15, -0.1) is 0 Å². The molecular formula is C30H42N6O7. The molecule has 2 atom stereocenters. The van der Waals surface area contributed by atoms with Gasteiger partial charge in [0.15, 0.2) is 6.79 Å². The summed E-state index contributed by atoms with van der Waals surface area (Å²) in [7, 11) is 1.54. The molecule has 3 amide bonds. The van der Waals surface area contributed by atoms with Crippen molar-refractivity contribution in [2.45, 2.75) is 77.3 Å². The van der Waals surface area contributed by atoms with Gasteiger partial charge >= 0.3 is 6.09 Å². The van der Waals surface area contributed by atoms with Gasteiger partial charge in [0.2, 0.25) is 5.91 Å². The lowest BCUT2D eigenvalue weighted by molar-refractivity contribution is -0.129. The van der Waals surface area contributed by atoms with E-state index < -0.39 is 29.7 Å². The third-order valence-corrected chi connectivity index (χ3v) is 7.43. The number of fused-ring (bicyclic) bond motifs is 1. The highest BCUT2D eigenvalue weighted by atomic mass is 16.7. The molecule has 2 aliphatic heterocycles. The zero-order chi connectivity index (χ0) is 31.1. The number of aliphatic hydroxyl groups excluding tert-OH is 1. The Hall–Kier alpha value is -3.97. The average molecular weight is 599 g/mol. The summed E-state index contributed by atoms with van der Waals surface area (Å²) in [6.07, 6.45) is 1.58. The molecule has 1 aromatic carbocycles. The number of likely N-dealkylation sites (tertiary alicyclic amines) is 1. The quantitative estimate of drug-likeness (QED) is 0.366. The summed E-state index contributed by atoms with van der Waals surface area (Å²) in [5.74, 6) is 0.706. The van der Waals surface area contributed by atoms with Crippen LogP contribution in [0.4, 0.5) is 10.6 Å². The minimum atomic E-state index is -1.08. The summed E-state index contributed by atoms with van der Waals surface area (Å²) in [5, 5.41) is 17.3. The number of nitrogens with one attached hydrogen (secondary N) is 2. The molecule has 4 rings (SSSR count). The highest BCUT2D eigenvalue weighted by Crippen LogP contribution is 2.30. The van der Waals surface area contributed by atoms with E-state index >= 15 is 0 Å². The number of piperidine rings is 1. The lowest BCUT2D eigenvalue weighted by atomic mass is 9.91. The van der Waals surface area contributed by atoms with Crippen LogP contribution in [0, 0.1) is 0 Å². The van der Waals surface area contributed by atoms with Gasteiger partial charge < -0.3 is 34.9 Å². The predicted molar refractivity (Wildman–Crippen MR) is 157 cm³/mol. The first-order valence-electron chi connectivity index (χ1n) is 14.5. The van der Waals surface area contributed by atoms with E-state index in [-0.39, 0.29) is 37.5 Å². The van der Waals surface area contributed by atoms with E-state index in [1.54, 1.807) is 33.8 Å². The molecule has 13 heteroatoms. The van der Waals surface area contributed by atoms with Gasteiger partial charge in [-0.3, -0.25) is 14.5 Å². The van der Waals surface area contributed by atoms with Gasteiger partial charge in [0.25, 0.3) is 5.91 Å². The summed E-state index contributed by atoms with van der Waals surface area (Å²) in [4.78, 5) is 49.4. The minimum absolute atomic E-state index is 0.0648. The number of carbonyl (C=O) groups excluding carboxylic acids is 3. The van der Waals surface area contributed by atoms with Crippen molar-refractivity contribution >= 4 is 23.7 Å². The van der Waals surface area contributed by atoms with Crippen LogP contribution < -0.4 is 15.4 Å². The SMILES string of the molecule is COCOc1ccc2c(c1)CN(C(=O)OC(C)(C)C)[C@H]([C@H](O)CNC(=O)c1cc(NC3CCN(C(C)=O)CC3)ncn1)C2. The Morgan fingerprint density at radius 1 is 1.12 bits per heavy atom. The van der Waals surface area contributed by atoms with Gasteiger partial charge in [0.05, 0.1) is 12.1 Å². The highest BCUT2D eigenvalue weighted by molar-refractivity contribution is 5.92. The Bertz CT molecular complexity index is 1290. The van der Waals surface area contributed by atoms with Crippen LogP contribution in [0.5, 0.6) is 5.75 Å². The van der Waals surface area contributed by atoms with Gasteiger partial charge in [-0.25, -0.2) is 14.8 Å². The van der Waals surface area contributed by atoms with Crippen LogP contribution in [0.2, 0.25) is 0 Å². The number of benzene rings is 1. The zero-order valence-electron chi connectivity index (χ0n) is 25.5. The number of methoxy groups -OCH3 is 1. The number of aromatic nitrogens is 2. The number of nitrogens with zero attached hydrogens (tertiary/aromatic N) is 4. The third kappa shape index (κ3) is 8.77. The lowest BCUT2D eigenvalue weighted by Crippen LogP contribution is -2.54. The van der Waals surface area contributed by atoms with E-state index in [0.717, 1.165) is 24.0 Å². The minimum Gasteiger partial charge on any atom is -0.468 e. The zero-order valence-corrected chi connectivity index (χ0v) is 25.5. The van der Waals surface area contributed by atoms with Gasteiger partial charge in [-0.05, 0) is 63.3 Å². The second kappa shape index (κ2) is 14.0. The first-order chi connectivity index (χ1) is 20.4. The monoisotopic (exact) mass is 598 g/mol. The van der Waals surface area contributed by atoms with Crippen LogP contribution in [0.15, 0.2) is 30.6 Å². The summed E-state index contributed by atoms with van der Waals surface area (Å²) >= 11 is 0. The van der Waals surface area contributed by atoms with Crippen molar-refractivity contribution in [2.75, 3.05) is 38.9 Å². The van der Waals surface area contributed by atoms with E-state index in [1.165, 1.54) is 18.3 Å². The molecule has 0 unspecified atom stereocenters. The summed E-state index contributed by atoms with van der Waals surface area (Å²) < 4.78 is 16.2. The fourth-order valence-electron chi connectivity index (χ4n) is 5.20. The molecule has 1 fully saturated rings. The van der Waals surface area contributed by atoms with Crippen LogP contribution in [0.25, 0.3) is 0 Å². The van der Waals surface area contributed by atoms with Crippen LogP contribution in [0.1, 0.15) is 62.2 Å². The van der Waals surface area contributed by atoms with Crippen molar-refractivity contribution in [3.8, 4) is 5.75 Å². The average Bonchev–Trinajstić information content (AvgIpc) is 2.97. The molecule has 0 bridgehead atoms. The standard InChI is InChI=1S/C30H42N6O7/c1-19(37)35-10-8-22(9-11-35)34-27-14-24(32-17-33-27)28(39)31-15-26(38)25-13-20-6-7-23(42-18-41-5)12-21(20)16-36(25)29(40)43-30(2,3)4/h6-7,12,14,17,22,25-26,38H,8-11,13,15-16,18H2,1-5H3,(H,31,39)(H,32,33,34)/t25-,26+/m0/s1. The fraction of sp³-hybridized carbons (Fsp3) is 0.567. The highest BCUT2D eigenvalue weighted by Gasteiger charge is 2.37. The molecular weight excluding hydrogens is 556 g/mol. The molecule has 0 saturated carbocycles. The molecule has 3 heterocycles. The number of anilines is 1. The molecule has 0 spiro atoms. The van der Waals surface area contributed by atoms with Crippen molar-refractivity contribution in [2.24, 2.45) is 0 Å². The predicted octanol–water partition coefficient (Wildman–Crippen LogP) is 2.33. The van der Waals surface area contributed by atoms with E-state index in [2.05, 4.69) is 20.6 Å². The lowest BCUT2D eigenvalue weighted by Gasteiger charge is -2.40. The number of rotatable bonds is 9. The van der Waals surface area contributed by atoms with Crippen LogP contribution in [-0.4, -0.2) is 100 Å². The Morgan fingerprint density at radius 3 is 2.53 bits per heavy atom. The third-order valence-electron chi connectivity index (χ3n) is 7.43. The van der Waals surface area contributed by atoms with Gasteiger partial charge in [-0.2, -0.15) is 0 Å². The molecule has 2 aromatic rings. The van der Waals surface area contributed by atoms with Crippen LogP contribution >= 0.6 is 0 Å². The largest absolute Gasteiger partial charge is 0.468 e. The number of ether oxygens (including phenoxy) is 3. The maximum atomic E-state index is 13.2. The van der Waals surface area contributed by atoms with Crippen molar-refractivity contribution < 1.29 is 33.7 Å². The Labute approximate surface area is 251 Å². The molecule has 234 valence electrons. The van der Waals surface area contributed by atoms with Gasteiger partial charge in [0.1, 0.15) is 29.2 Å². The van der Waals surface area contributed by atoms with Gasteiger partial charge in [-0.1, -0.05) is 6.07 Å². The van der Waals surface area contributed by atoms with E-state index in [4.69, 9.17) is 14.2 Å². The second-order valence-corrected chi connectivity index (χ2v) is 11.9. The number of hydrogen-bond donors (Lipinski definition) is 3. The second-order valence-electron chi connectivity index (χ2n) is 11.9. The molecule has 3 N–H and O–H groups in total. The van der Waals surface area contributed by atoms with Crippen molar-refractivity contribution in [1.82, 2.24) is 25.1 Å². The number of carbonyl (C=O) groups is 3. The fourth-order valence-corrected chi connectivity index (χ4v) is 5.20. The summed E-state index contributed by atoms with van der Waals surface area (Å²) in [6.45, 7) is 8.44. The molecule has 43 heavy (non-hydrogen) atoms.